The lowest BCUT2D eigenvalue weighted by Crippen LogP contribution is -2.32. The van der Waals surface area contributed by atoms with E-state index in [1.807, 2.05) is 17.9 Å². The fourth-order valence-electron chi connectivity index (χ4n) is 2.98. The number of nitrogens with one attached hydrogen (secondary N) is 1. The molecule has 1 N–H and O–H groups in total. The van der Waals surface area contributed by atoms with Crippen LogP contribution in [0.4, 0.5) is 5.69 Å². The predicted octanol–water partition coefficient (Wildman–Crippen LogP) is 4.31. The number of pyridine rings is 1. The number of amides is 2. The van der Waals surface area contributed by atoms with E-state index in [0.717, 1.165) is 44.3 Å². The van der Waals surface area contributed by atoms with E-state index in [9.17, 15) is 9.59 Å². The Kier molecular flexibility index (Phi) is 5.89. The fourth-order valence-corrected chi connectivity index (χ4v) is 3.16. The van der Waals surface area contributed by atoms with Crippen LogP contribution in [0.25, 0.3) is 0 Å². The summed E-state index contributed by atoms with van der Waals surface area (Å²) in [6, 6.07) is 10.3. The second-order valence-corrected chi connectivity index (χ2v) is 6.94. The van der Waals surface area contributed by atoms with Crippen LogP contribution in [0.1, 0.15) is 52.2 Å². The summed E-state index contributed by atoms with van der Waals surface area (Å²) < 4.78 is 0. The summed E-state index contributed by atoms with van der Waals surface area (Å²) in [4.78, 5) is 31.3. The number of anilines is 1. The summed E-state index contributed by atoms with van der Waals surface area (Å²) in [7, 11) is 0. The summed E-state index contributed by atoms with van der Waals surface area (Å²) in [5.74, 6) is -0.477. The number of aryl methyl sites for hydroxylation is 1. The molecule has 0 spiro atoms. The summed E-state index contributed by atoms with van der Waals surface area (Å²) in [5.41, 5.74) is 2.05. The lowest BCUT2D eigenvalue weighted by molar-refractivity contribution is 0.0755. The third-order valence-corrected chi connectivity index (χ3v) is 4.93. The minimum atomic E-state index is -0.365. The van der Waals surface area contributed by atoms with Crippen molar-refractivity contribution < 1.29 is 9.59 Å². The van der Waals surface area contributed by atoms with Gasteiger partial charge in [-0.05, 0) is 49.6 Å². The monoisotopic (exact) mass is 371 g/mol. The van der Waals surface area contributed by atoms with Crippen molar-refractivity contribution in [2.45, 2.75) is 32.6 Å². The van der Waals surface area contributed by atoms with Gasteiger partial charge in [-0.15, -0.1) is 0 Å². The molecule has 1 saturated heterocycles. The molecule has 2 heterocycles. The van der Waals surface area contributed by atoms with Crippen molar-refractivity contribution in [3.8, 4) is 0 Å². The quantitative estimate of drug-likeness (QED) is 0.874. The van der Waals surface area contributed by atoms with Crippen molar-refractivity contribution in [2.75, 3.05) is 18.4 Å². The Morgan fingerprint density at radius 2 is 1.73 bits per heavy atom. The molecule has 1 fully saturated rings. The van der Waals surface area contributed by atoms with Crippen molar-refractivity contribution >= 4 is 29.1 Å². The molecule has 1 aromatic carbocycles. The second kappa shape index (κ2) is 8.32. The van der Waals surface area contributed by atoms with Crippen LogP contribution >= 0.6 is 11.6 Å². The molecule has 0 aliphatic carbocycles. The topological polar surface area (TPSA) is 62.3 Å². The highest BCUT2D eigenvalue weighted by atomic mass is 35.5. The molecular weight excluding hydrogens is 350 g/mol. The number of halogens is 1. The van der Waals surface area contributed by atoms with Gasteiger partial charge in [0, 0.05) is 23.8 Å². The van der Waals surface area contributed by atoms with Crippen molar-refractivity contribution in [3.63, 3.8) is 0 Å². The van der Waals surface area contributed by atoms with Gasteiger partial charge in [-0.3, -0.25) is 9.59 Å². The second-order valence-electron chi connectivity index (χ2n) is 6.53. The molecule has 5 nitrogen and oxygen atoms in total. The average molecular weight is 372 g/mol. The molecule has 0 unspecified atom stereocenters. The Labute approximate surface area is 158 Å². The highest BCUT2D eigenvalue weighted by molar-refractivity contribution is 6.31. The standard InChI is InChI=1S/C20H22ClN3O2/c1-14-9-10-15(13-16(14)21)22-19(25)17-7-6-8-18(23-17)20(26)24-11-4-2-3-5-12-24/h6-10,13H,2-5,11-12H2,1H3,(H,22,25). The summed E-state index contributed by atoms with van der Waals surface area (Å²) in [6.07, 6.45) is 4.33. The van der Waals surface area contributed by atoms with Gasteiger partial charge in [0.2, 0.25) is 0 Å². The number of hydrogen-bond acceptors (Lipinski definition) is 3. The maximum Gasteiger partial charge on any atom is 0.274 e. The zero-order chi connectivity index (χ0) is 18.5. The van der Waals surface area contributed by atoms with Crippen LogP contribution in [-0.4, -0.2) is 34.8 Å². The normalized spacial score (nSPS) is 14.6. The smallest absolute Gasteiger partial charge is 0.274 e. The molecule has 1 aliphatic heterocycles. The molecule has 2 aromatic rings. The Morgan fingerprint density at radius 1 is 1.04 bits per heavy atom. The summed E-state index contributed by atoms with van der Waals surface area (Å²) in [6.45, 7) is 3.39. The number of benzene rings is 1. The maximum absolute atomic E-state index is 12.7. The average Bonchev–Trinajstić information content (AvgIpc) is 2.93. The predicted molar refractivity (Wildman–Crippen MR) is 103 cm³/mol. The molecule has 3 rings (SSSR count). The molecule has 1 aromatic heterocycles. The zero-order valence-corrected chi connectivity index (χ0v) is 15.6. The number of rotatable bonds is 3. The van der Waals surface area contributed by atoms with Crippen LogP contribution in [0.2, 0.25) is 5.02 Å². The van der Waals surface area contributed by atoms with Crippen LogP contribution in [0.15, 0.2) is 36.4 Å². The molecule has 0 radical (unpaired) electrons. The first-order valence-corrected chi connectivity index (χ1v) is 9.26. The summed E-state index contributed by atoms with van der Waals surface area (Å²) >= 11 is 6.09. The zero-order valence-electron chi connectivity index (χ0n) is 14.8. The van der Waals surface area contributed by atoms with Gasteiger partial charge in [0.1, 0.15) is 11.4 Å². The first kappa shape index (κ1) is 18.4. The molecule has 136 valence electrons. The van der Waals surface area contributed by atoms with E-state index in [4.69, 9.17) is 11.6 Å². The lowest BCUT2D eigenvalue weighted by Gasteiger charge is -2.19. The SMILES string of the molecule is Cc1ccc(NC(=O)c2cccc(C(=O)N3CCCCCC3)n2)cc1Cl. The van der Waals surface area contributed by atoms with E-state index in [0.29, 0.717) is 16.4 Å². The highest BCUT2D eigenvalue weighted by Gasteiger charge is 2.19. The van der Waals surface area contributed by atoms with Gasteiger partial charge in [0.15, 0.2) is 0 Å². The minimum absolute atomic E-state index is 0.111. The Hall–Kier alpha value is -2.40. The number of likely N-dealkylation sites (tertiary alicyclic amines) is 1. The van der Waals surface area contributed by atoms with Crippen molar-refractivity contribution in [3.05, 3.63) is 58.4 Å². The molecule has 0 atom stereocenters. The van der Waals surface area contributed by atoms with Crippen LogP contribution in [0, 0.1) is 6.92 Å². The summed E-state index contributed by atoms with van der Waals surface area (Å²) in [5, 5.41) is 3.36. The molecular formula is C20H22ClN3O2. The maximum atomic E-state index is 12.7. The van der Waals surface area contributed by atoms with E-state index in [2.05, 4.69) is 10.3 Å². The number of aromatic nitrogens is 1. The third-order valence-electron chi connectivity index (χ3n) is 4.52. The number of nitrogens with zero attached hydrogens (tertiary/aromatic N) is 2. The van der Waals surface area contributed by atoms with Gasteiger partial charge in [-0.2, -0.15) is 0 Å². The fraction of sp³-hybridized carbons (Fsp3) is 0.350. The van der Waals surface area contributed by atoms with Crippen LogP contribution < -0.4 is 5.32 Å². The first-order valence-electron chi connectivity index (χ1n) is 8.88. The highest BCUT2D eigenvalue weighted by Crippen LogP contribution is 2.20. The molecule has 1 aliphatic rings. The molecule has 0 bridgehead atoms. The van der Waals surface area contributed by atoms with Crippen LogP contribution in [0.5, 0.6) is 0 Å². The minimum Gasteiger partial charge on any atom is -0.337 e. The third kappa shape index (κ3) is 4.41. The van der Waals surface area contributed by atoms with Crippen LogP contribution in [0.3, 0.4) is 0 Å². The number of hydrogen-bond donors (Lipinski definition) is 1. The van der Waals surface area contributed by atoms with E-state index in [1.54, 1.807) is 30.3 Å². The van der Waals surface area contributed by atoms with E-state index >= 15 is 0 Å². The number of carbonyl (C=O) groups is 2. The van der Waals surface area contributed by atoms with Gasteiger partial charge in [0.25, 0.3) is 11.8 Å². The first-order chi connectivity index (χ1) is 12.5. The Morgan fingerprint density at radius 3 is 2.42 bits per heavy atom. The van der Waals surface area contributed by atoms with Crippen LogP contribution in [-0.2, 0) is 0 Å². The van der Waals surface area contributed by atoms with E-state index in [-0.39, 0.29) is 17.5 Å². The van der Waals surface area contributed by atoms with E-state index < -0.39 is 0 Å². The van der Waals surface area contributed by atoms with Gasteiger partial charge >= 0.3 is 0 Å². The van der Waals surface area contributed by atoms with E-state index in [1.165, 1.54) is 0 Å². The Bertz CT molecular complexity index is 814. The van der Waals surface area contributed by atoms with Gasteiger partial charge in [-0.25, -0.2) is 4.98 Å². The largest absolute Gasteiger partial charge is 0.337 e. The van der Waals surface area contributed by atoms with Gasteiger partial charge in [0.05, 0.1) is 0 Å². The molecule has 2 amide bonds. The molecule has 6 heteroatoms. The van der Waals surface area contributed by atoms with Gasteiger partial charge < -0.3 is 10.2 Å². The lowest BCUT2D eigenvalue weighted by atomic mass is 10.2. The molecule has 0 saturated carbocycles. The van der Waals surface area contributed by atoms with Crippen molar-refractivity contribution in [2.24, 2.45) is 0 Å². The van der Waals surface area contributed by atoms with Crippen molar-refractivity contribution in [1.29, 1.82) is 0 Å². The Balaban J connectivity index is 1.74. The van der Waals surface area contributed by atoms with Gasteiger partial charge in [-0.1, -0.05) is 36.6 Å². The van der Waals surface area contributed by atoms with Crippen molar-refractivity contribution in [1.82, 2.24) is 9.88 Å². The number of carbonyl (C=O) groups excluding carboxylic acids is 2. The molecule has 26 heavy (non-hydrogen) atoms.